The molecular weight excluding hydrogens is 618 g/mol. The highest BCUT2D eigenvalue weighted by molar-refractivity contribution is 9.11. The second-order valence-corrected chi connectivity index (χ2v) is 9.75. The number of methoxy groups -OCH3 is 1. The first-order valence-electron chi connectivity index (χ1n) is 9.73. The van der Waals surface area contributed by atoms with Crippen LogP contribution in [0.25, 0.3) is 33.5 Å². The molecular formula is C24H14Br3N3O3. The van der Waals surface area contributed by atoms with Gasteiger partial charge in [0.2, 0.25) is 5.82 Å². The fourth-order valence-corrected chi connectivity index (χ4v) is 5.41. The van der Waals surface area contributed by atoms with Gasteiger partial charge in [-0.2, -0.15) is 9.78 Å². The molecule has 0 aliphatic carbocycles. The number of halogens is 3. The summed E-state index contributed by atoms with van der Waals surface area (Å²) in [4.78, 5) is 18.1. The van der Waals surface area contributed by atoms with E-state index in [9.17, 15) is 4.79 Å². The molecule has 0 N–H and O–H groups in total. The Morgan fingerprint density at radius 2 is 1.79 bits per heavy atom. The summed E-state index contributed by atoms with van der Waals surface area (Å²) in [6, 6.07) is 18.4. The maximum absolute atomic E-state index is 13.4. The number of nitrogens with zero attached hydrogens (tertiary/aromatic N) is 3. The Morgan fingerprint density at radius 1 is 1.03 bits per heavy atom. The number of ether oxygens (including phenoxy) is 1. The lowest BCUT2D eigenvalue weighted by atomic mass is 10.2. The van der Waals surface area contributed by atoms with Crippen LogP contribution in [-0.4, -0.2) is 23.0 Å². The van der Waals surface area contributed by atoms with Gasteiger partial charge in [0.15, 0.2) is 5.76 Å². The molecule has 33 heavy (non-hydrogen) atoms. The zero-order chi connectivity index (χ0) is 23.1. The standard InChI is InChI=1S/C24H14Br3N3O3/c1-32-22-17(26)8-13(9-18(22)27)12-28-30-23(29-19-5-3-2-4-16(19)24(30)31)21-11-14-10-15(25)6-7-20(14)33-21/h2-12H,1H3. The maximum atomic E-state index is 13.4. The molecule has 0 saturated heterocycles. The topological polar surface area (TPSA) is 69.6 Å². The van der Waals surface area contributed by atoms with Crippen molar-refractivity contribution in [1.82, 2.24) is 9.66 Å². The number of furan rings is 1. The summed E-state index contributed by atoms with van der Waals surface area (Å²) in [5, 5.41) is 5.85. The maximum Gasteiger partial charge on any atom is 0.282 e. The van der Waals surface area contributed by atoms with E-state index in [-0.39, 0.29) is 5.56 Å². The molecule has 2 aromatic heterocycles. The molecule has 164 valence electrons. The van der Waals surface area contributed by atoms with Crippen LogP contribution in [-0.2, 0) is 0 Å². The van der Waals surface area contributed by atoms with Crippen LogP contribution in [0.3, 0.4) is 0 Å². The van der Waals surface area contributed by atoms with Gasteiger partial charge in [-0.25, -0.2) is 4.98 Å². The Morgan fingerprint density at radius 3 is 2.55 bits per heavy atom. The molecule has 5 rings (SSSR count). The Labute approximate surface area is 213 Å². The first kappa shape index (κ1) is 22.1. The van der Waals surface area contributed by atoms with Crippen molar-refractivity contribution < 1.29 is 9.15 Å². The number of fused-ring (bicyclic) bond motifs is 2. The molecule has 2 heterocycles. The first-order valence-corrected chi connectivity index (χ1v) is 12.1. The molecule has 0 aliphatic heterocycles. The van der Waals surface area contributed by atoms with Gasteiger partial charge in [-0.3, -0.25) is 4.79 Å². The largest absolute Gasteiger partial charge is 0.494 e. The van der Waals surface area contributed by atoms with E-state index in [1.807, 2.05) is 42.5 Å². The highest BCUT2D eigenvalue weighted by atomic mass is 79.9. The van der Waals surface area contributed by atoms with Crippen LogP contribution < -0.4 is 10.3 Å². The number of hydrogen-bond donors (Lipinski definition) is 0. The quantitative estimate of drug-likeness (QED) is 0.201. The summed E-state index contributed by atoms with van der Waals surface area (Å²) in [7, 11) is 1.59. The lowest BCUT2D eigenvalue weighted by Gasteiger charge is -2.08. The van der Waals surface area contributed by atoms with E-state index in [0.717, 1.165) is 24.4 Å². The minimum Gasteiger partial charge on any atom is -0.494 e. The average Bonchev–Trinajstić information content (AvgIpc) is 3.21. The predicted molar refractivity (Wildman–Crippen MR) is 140 cm³/mol. The van der Waals surface area contributed by atoms with Crippen LogP contribution in [0.15, 0.2) is 88.4 Å². The molecule has 0 amide bonds. The fourth-order valence-electron chi connectivity index (χ4n) is 3.49. The van der Waals surface area contributed by atoms with Crippen molar-refractivity contribution in [3.05, 3.63) is 90.0 Å². The highest BCUT2D eigenvalue weighted by Crippen LogP contribution is 2.34. The van der Waals surface area contributed by atoms with E-state index in [2.05, 4.69) is 52.9 Å². The Hall–Kier alpha value is -2.75. The number of rotatable bonds is 4. The van der Waals surface area contributed by atoms with Crippen molar-refractivity contribution in [2.24, 2.45) is 5.10 Å². The lowest BCUT2D eigenvalue weighted by Crippen LogP contribution is -2.20. The molecule has 0 bridgehead atoms. The fraction of sp³-hybridized carbons (Fsp3) is 0.0417. The minimum absolute atomic E-state index is 0.292. The number of para-hydroxylation sites is 1. The highest BCUT2D eigenvalue weighted by Gasteiger charge is 2.17. The summed E-state index contributed by atoms with van der Waals surface area (Å²) < 4.78 is 15.1. The molecule has 0 aliphatic rings. The van der Waals surface area contributed by atoms with Gasteiger partial charge in [0.1, 0.15) is 11.3 Å². The van der Waals surface area contributed by atoms with Crippen LogP contribution in [0.1, 0.15) is 5.56 Å². The van der Waals surface area contributed by atoms with E-state index in [1.165, 1.54) is 4.68 Å². The number of hydrogen-bond acceptors (Lipinski definition) is 5. The monoisotopic (exact) mass is 629 g/mol. The smallest absolute Gasteiger partial charge is 0.282 e. The molecule has 0 atom stereocenters. The summed E-state index contributed by atoms with van der Waals surface area (Å²) >= 11 is 10.5. The Balaban J connectivity index is 1.71. The zero-order valence-electron chi connectivity index (χ0n) is 17.1. The molecule has 6 nitrogen and oxygen atoms in total. The third-order valence-electron chi connectivity index (χ3n) is 5.00. The molecule has 0 fully saturated rings. The third-order valence-corrected chi connectivity index (χ3v) is 6.67. The average molecular weight is 632 g/mol. The third kappa shape index (κ3) is 4.16. The van der Waals surface area contributed by atoms with Gasteiger partial charge in [0, 0.05) is 9.86 Å². The van der Waals surface area contributed by atoms with E-state index >= 15 is 0 Å². The van der Waals surface area contributed by atoms with Crippen molar-refractivity contribution >= 4 is 75.9 Å². The summed E-state index contributed by atoms with van der Waals surface area (Å²) in [6.45, 7) is 0. The Bertz CT molecular complexity index is 1600. The number of benzene rings is 3. The number of aromatic nitrogens is 2. The molecule has 0 radical (unpaired) electrons. The van der Waals surface area contributed by atoms with Crippen molar-refractivity contribution in [1.29, 1.82) is 0 Å². The van der Waals surface area contributed by atoms with Gasteiger partial charge in [0.05, 0.1) is 33.2 Å². The summed E-state index contributed by atoms with van der Waals surface area (Å²) in [5.41, 5.74) is 1.73. The van der Waals surface area contributed by atoms with E-state index in [4.69, 9.17) is 14.1 Å². The normalized spacial score (nSPS) is 11.6. The molecule has 3 aromatic carbocycles. The first-order chi connectivity index (χ1) is 15.9. The lowest BCUT2D eigenvalue weighted by molar-refractivity contribution is 0.409. The van der Waals surface area contributed by atoms with Gasteiger partial charge < -0.3 is 9.15 Å². The van der Waals surface area contributed by atoms with E-state index in [0.29, 0.717) is 33.8 Å². The second-order valence-electron chi connectivity index (χ2n) is 7.12. The van der Waals surface area contributed by atoms with Gasteiger partial charge in [-0.05, 0) is 86.0 Å². The van der Waals surface area contributed by atoms with Crippen molar-refractivity contribution in [2.45, 2.75) is 0 Å². The zero-order valence-corrected chi connectivity index (χ0v) is 21.8. The summed E-state index contributed by atoms with van der Waals surface area (Å²) in [6.07, 6.45) is 1.59. The van der Waals surface area contributed by atoms with E-state index < -0.39 is 0 Å². The minimum atomic E-state index is -0.292. The molecule has 5 aromatic rings. The van der Waals surface area contributed by atoms with E-state index in [1.54, 1.807) is 31.5 Å². The SMILES string of the molecule is COc1c(Br)cc(C=Nn2c(-c3cc4cc(Br)ccc4o3)nc3ccccc3c2=O)cc1Br. The molecule has 0 unspecified atom stereocenters. The molecule has 0 spiro atoms. The van der Waals surface area contributed by atoms with Gasteiger partial charge in [-0.15, -0.1) is 0 Å². The molecule has 0 saturated carbocycles. The molecule has 9 heteroatoms. The van der Waals surface area contributed by atoms with Crippen LogP contribution in [0, 0.1) is 0 Å². The van der Waals surface area contributed by atoms with Crippen molar-refractivity contribution in [3.63, 3.8) is 0 Å². The predicted octanol–water partition coefficient (Wildman–Crippen LogP) is 6.99. The van der Waals surface area contributed by atoms with Crippen molar-refractivity contribution in [3.8, 4) is 17.3 Å². The second kappa shape index (κ2) is 8.89. The Kier molecular flexibility index (Phi) is 5.94. The van der Waals surface area contributed by atoms with Gasteiger partial charge in [-0.1, -0.05) is 28.1 Å². The van der Waals surface area contributed by atoms with Gasteiger partial charge >= 0.3 is 0 Å². The van der Waals surface area contributed by atoms with Crippen LogP contribution in [0.4, 0.5) is 0 Å². The van der Waals surface area contributed by atoms with Crippen molar-refractivity contribution in [2.75, 3.05) is 7.11 Å². The van der Waals surface area contributed by atoms with Crippen LogP contribution >= 0.6 is 47.8 Å². The van der Waals surface area contributed by atoms with Gasteiger partial charge in [0.25, 0.3) is 5.56 Å². The van der Waals surface area contributed by atoms with Crippen LogP contribution in [0.2, 0.25) is 0 Å². The summed E-state index contributed by atoms with van der Waals surface area (Å²) in [5.74, 6) is 1.43. The van der Waals surface area contributed by atoms with Crippen LogP contribution in [0.5, 0.6) is 5.75 Å².